The van der Waals surface area contributed by atoms with E-state index in [0.717, 1.165) is 41.6 Å². The minimum Gasteiger partial charge on any atom is -0.287 e. The quantitative estimate of drug-likeness (QED) is 0.553. The van der Waals surface area contributed by atoms with Gasteiger partial charge in [0.05, 0.1) is 12.1 Å². The highest BCUT2D eigenvalue weighted by molar-refractivity contribution is 5.91. The monoisotopic (exact) mass is 346 g/mol. The summed E-state index contributed by atoms with van der Waals surface area (Å²) in [6.07, 6.45) is 2.89. The third-order valence-electron chi connectivity index (χ3n) is 4.84. The summed E-state index contributed by atoms with van der Waals surface area (Å²) in [5.74, 6) is 0.739. The van der Waals surface area contributed by atoms with Crippen LogP contribution in [-0.2, 0) is 13.0 Å². The van der Waals surface area contributed by atoms with E-state index < -0.39 is 0 Å². The molecule has 0 amide bonds. The average Bonchev–Trinajstić information content (AvgIpc) is 3.09. The van der Waals surface area contributed by atoms with Crippen LogP contribution >= 0.6 is 0 Å². The van der Waals surface area contributed by atoms with Crippen molar-refractivity contribution in [2.45, 2.75) is 39.7 Å². The summed E-state index contributed by atoms with van der Waals surface area (Å²) >= 11 is 0. The fraction of sp³-hybridized carbons (Fsp3) is 0.286. The normalized spacial score (nSPS) is 11.5. The van der Waals surface area contributed by atoms with Crippen LogP contribution in [0.5, 0.6) is 0 Å². The molecule has 0 aliphatic heterocycles. The van der Waals surface area contributed by atoms with E-state index in [1.807, 2.05) is 36.4 Å². The minimum atomic E-state index is -0.141. The molecule has 2 aromatic carbocycles. The first-order valence-electron chi connectivity index (χ1n) is 9.10. The molecule has 0 atom stereocenters. The third kappa shape index (κ3) is 2.79. The van der Waals surface area contributed by atoms with E-state index in [1.54, 1.807) is 4.57 Å². The van der Waals surface area contributed by atoms with Crippen LogP contribution in [0.25, 0.3) is 16.6 Å². The van der Waals surface area contributed by atoms with E-state index in [4.69, 9.17) is 0 Å². The smallest absolute Gasteiger partial charge is 0.287 e. The van der Waals surface area contributed by atoms with Gasteiger partial charge in [-0.25, -0.2) is 9.78 Å². The van der Waals surface area contributed by atoms with E-state index in [0.29, 0.717) is 12.2 Å². The van der Waals surface area contributed by atoms with Crippen molar-refractivity contribution >= 4 is 16.6 Å². The van der Waals surface area contributed by atoms with Crippen molar-refractivity contribution in [1.82, 2.24) is 19.2 Å². The first-order chi connectivity index (χ1) is 12.7. The molecule has 0 saturated carbocycles. The number of fused-ring (bicyclic) bond motifs is 3. The van der Waals surface area contributed by atoms with Gasteiger partial charge in [0.15, 0.2) is 11.5 Å². The van der Waals surface area contributed by atoms with Crippen LogP contribution < -0.4 is 5.69 Å². The molecule has 5 heteroatoms. The lowest BCUT2D eigenvalue weighted by atomic mass is 10.1. The maximum Gasteiger partial charge on any atom is 0.351 e. The van der Waals surface area contributed by atoms with Gasteiger partial charge in [-0.15, -0.1) is 5.10 Å². The van der Waals surface area contributed by atoms with Gasteiger partial charge in [0, 0.05) is 11.8 Å². The molecule has 26 heavy (non-hydrogen) atoms. The van der Waals surface area contributed by atoms with Gasteiger partial charge in [0.25, 0.3) is 0 Å². The number of rotatable bonds is 5. The van der Waals surface area contributed by atoms with E-state index in [1.165, 1.54) is 10.1 Å². The first-order valence-corrected chi connectivity index (χ1v) is 9.10. The summed E-state index contributed by atoms with van der Waals surface area (Å²) in [6, 6.07) is 16.1. The van der Waals surface area contributed by atoms with Crippen LogP contribution in [0, 0.1) is 6.92 Å². The van der Waals surface area contributed by atoms with Gasteiger partial charge in [0.2, 0.25) is 0 Å². The van der Waals surface area contributed by atoms with Crippen molar-refractivity contribution < 1.29 is 0 Å². The van der Waals surface area contributed by atoms with Crippen LogP contribution in [-0.4, -0.2) is 19.2 Å². The second-order valence-electron chi connectivity index (χ2n) is 6.68. The molecular weight excluding hydrogens is 324 g/mol. The Hall–Kier alpha value is -2.95. The highest BCUT2D eigenvalue weighted by Crippen LogP contribution is 2.19. The lowest BCUT2D eigenvalue weighted by Crippen LogP contribution is -2.28. The van der Waals surface area contributed by atoms with Gasteiger partial charge in [-0.3, -0.25) is 4.57 Å². The maximum atomic E-state index is 13.2. The van der Waals surface area contributed by atoms with Crippen LogP contribution in [0.3, 0.4) is 0 Å². The van der Waals surface area contributed by atoms with E-state index in [9.17, 15) is 4.79 Å². The van der Waals surface area contributed by atoms with Crippen LogP contribution in [0.1, 0.15) is 36.7 Å². The number of unbranched alkanes of at least 4 members (excludes halogenated alkanes) is 1. The molecular formula is C21H22N4O. The van der Waals surface area contributed by atoms with Crippen molar-refractivity contribution in [3.8, 4) is 0 Å². The molecule has 0 radical (unpaired) electrons. The molecule has 5 nitrogen and oxygen atoms in total. The summed E-state index contributed by atoms with van der Waals surface area (Å²) in [4.78, 5) is 17.8. The number of hydrogen-bond donors (Lipinski definition) is 0. The molecule has 0 aliphatic carbocycles. The number of hydrogen-bond acceptors (Lipinski definition) is 3. The summed E-state index contributed by atoms with van der Waals surface area (Å²) in [7, 11) is 0. The average molecular weight is 346 g/mol. The van der Waals surface area contributed by atoms with Crippen LogP contribution in [0.15, 0.2) is 53.3 Å². The Labute approximate surface area is 151 Å². The summed E-state index contributed by atoms with van der Waals surface area (Å²) < 4.78 is 3.26. The van der Waals surface area contributed by atoms with Crippen molar-refractivity contribution in [2.75, 3.05) is 0 Å². The number of aromatic nitrogens is 4. The summed E-state index contributed by atoms with van der Waals surface area (Å²) in [5, 5.41) is 5.45. The maximum absolute atomic E-state index is 13.2. The Morgan fingerprint density at radius 3 is 2.62 bits per heavy atom. The fourth-order valence-electron chi connectivity index (χ4n) is 3.33. The first kappa shape index (κ1) is 16.5. The highest BCUT2D eigenvalue weighted by Gasteiger charge is 2.15. The number of nitrogens with zero attached hydrogens (tertiary/aromatic N) is 4. The Balaban J connectivity index is 1.95. The van der Waals surface area contributed by atoms with E-state index in [2.05, 4.69) is 36.1 Å². The molecule has 0 aliphatic rings. The fourth-order valence-corrected chi connectivity index (χ4v) is 3.33. The molecule has 0 spiro atoms. The Morgan fingerprint density at radius 2 is 1.81 bits per heavy atom. The lowest BCUT2D eigenvalue weighted by Gasteiger charge is -2.12. The molecule has 2 heterocycles. The van der Waals surface area contributed by atoms with Gasteiger partial charge >= 0.3 is 5.69 Å². The largest absolute Gasteiger partial charge is 0.351 e. The molecule has 4 aromatic rings. The molecule has 0 bridgehead atoms. The second-order valence-corrected chi connectivity index (χ2v) is 6.68. The minimum absolute atomic E-state index is 0.141. The Morgan fingerprint density at radius 1 is 1.04 bits per heavy atom. The zero-order valence-corrected chi connectivity index (χ0v) is 15.1. The van der Waals surface area contributed by atoms with Gasteiger partial charge in [-0.1, -0.05) is 49.7 Å². The molecule has 0 fully saturated rings. The zero-order valence-electron chi connectivity index (χ0n) is 15.1. The molecule has 0 N–H and O–H groups in total. The number of benzene rings is 2. The lowest BCUT2D eigenvalue weighted by molar-refractivity contribution is 0.695. The molecule has 132 valence electrons. The van der Waals surface area contributed by atoms with Crippen molar-refractivity contribution in [1.29, 1.82) is 0 Å². The number of para-hydroxylation sites is 1. The van der Waals surface area contributed by atoms with Crippen molar-refractivity contribution in [3.05, 3.63) is 76.0 Å². The van der Waals surface area contributed by atoms with Crippen LogP contribution in [0.4, 0.5) is 0 Å². The highest BCUT2D eigenvalue weighted by atomic mass is 16.2. The molecule has 4 rings (SSSR count). The molecule has 0 unspecified atom stereocenters. The van der Waals surface area contributed by atoms with Gasteiger partial charge in [-0.2, -0.15) is 4.52 Å². The Kier molecular flexibility index (Phi) is 4.29. The zero-order chi connectivity index (χ0) is 18.1. The standard InChI is InChI=1S/C21H22N4O/c1-3-4-13-19-22-20-17-11-7-8-12-18(17)24(21(26)25(20)23-19)14-16-10-6-5-9-15(16)2/h5-12H,3-4,13-14H2,1-2H3. The number of aryl methyl sites for hydroxylation is 2. The van der Waals surface area contributed by atoms with Crippen molar-refractivity contribution in [2.24, 2.45) is 0 Å². The topological polar surface area (TPSA) is 52.2 Å². The third-order valence-corrected chi connectivity index (χ3v) is 4.84. The van der Waals surface area contributed by atoms with E-state index in [-0.39, 0.29) is 5.69 Å². The predicted octanol–water partition coefficient (Wildman–Crippen LogP) is 3.74. The summed E-state index contributed by atoms with van der Waals surface area (Å²) in [5.41, 5.74) is 3.70. The van der Waals surface area contributed by atoms with Gasteiger partial charge in [-0.05, 0) is 36.6 Å². The molecule has 2 aromatic heterocycles. The van der Waals surface area contributed by atoms with Crippen molar-refractivity contribution in [3.63, 3.8) is 0 Å². The van der Waals surface area contributed by atoms with Gasteiger partial charge in [0.1, 0.15) is 0 Å². The SMILES string of the molecule is CCCCc1nc2c3ccccc3n(Cc3ccccc3C)c(=O)n2n1. The summed E-state index contributed by atoms with van der Waals surface area (Å²) in [6.45, 7) is 4.73. The predicted molar refractivity (Wildman–Crippen MR) is 104 cm³/mol. The van der Waals surface area contributed by atoms with Gasteiger partial charge < -0.3 is 0 Å². The Bertz CT molecular complexity index is 1140. The van der Waals surface area contributed by atoms with Crippen LogP contribution in [0.2, 0.25) is 0 Å². The second kappa shape index (κ2) is 6.75. The molecule has 0 saturated heterocycles. The van der Waals surface area contributed by atoms with E-state index >= 15 is 0 Å².